The Morgan fingerprint density at radius 3 is 2.76 bits per heavy atom. The first kappa shape index (κ1) is 17.9. The van der Waals surface area contributed by atoms with Crippen molar-refractivity contribution in [2.24, 2.45) is 0 Å². The van der Waals surface area contributed by atoms with Gasteiger partial charge < -0.3 is 4.52 Å². The smallest absolute Gasteiger partial charge is 0.282 e. The van der Waals surface area contributed by atoms with Crippen LogP contribution in [0.25, 0.3) is 11.3 Å². The Hall–Kier alpha value is -1.89. The van der Waals surface area contributed by atoms with E-state index in [2.05, 4.69) is 10.1 Å². The van der Waals surface area contributed by atoms with Crippen LogP contribution in [0.3, 0.4) is 0 Å². The molecule has 0 saturated carbocycles. The molecule has 5 nitrogen and oxygen atoms in total. The van der Waals surface area contributed by atoms with Crippen molar-refractivity contribution in [3.63, 3.8) is 0 Å². The highest BCUT2D eigenvalue weighted by atomic mass is 35.5. The topological polar surface area (TPSA) is 59.2 Å². The molecule has 0 atom stereocenters. The zero-order valence-electron chi connectivity index (χ0n) is 13.6. The monoisotopic (exact) mass is 395 g/mol. The summed E-state index contributed by atoms with van der Waals surface area (Å²) < 4.78 is 5.01. The van der Waals surface area contributed by atoms with Crippen molar-refractivity contribution in [3.05, 3.63) is 51.1 Å². The lowest BCUT2D eigenvalue weighted by Gasteiger charge is -2.17. The quantitative estimate of drug-likeness (QED) is 0.574. The van der Waals surface area contributed by atoms with Crippen LogP contribution in [0.15, 0.2) is 34.2 Å². The maximum atomic E-state index is 12.7. The predicted octanol–water partition coefficient (Wildman–Crippen LogP) is 5.47. The lowest BCUT2D eigenvalue weighted by atomic mass is 10.2. The molecule has 0 aliphatic carbocycles. The molecule has 3 rings (SSSR count). The fourth-order valence-electron chi connectivity index (χ4n) is 2.32. The Balaban J connectivity index is 1.93. The highest BCUT2D eigenvalue weighted by Crippen LogP contribution is 2.33. The fourth-order valence-corrected chi connectivity index (χ4v) is 3.68. The fraction of sp³-hybridized carbons (Fsp3) is 0.235. The third-order valence-corrected chi connectivity index (χ3v) is 4.88. The SMILES string of the molecule is CCCN(C(=O)c1cc(C)on1)c1nc(-c2ccc(Cl)cc2Cl)cs1. The van der Waals surface area contributed by atoms with Crippen LogP contribution in [-0.4, -0.2) is 22.6 Å². The summed E-state index contributed by atoms with van der Waals surface area (Å²) in [6.07, 6.45) is 0.791. The Morgan fingerprint density at radius 2 is 2.12 bits per heavy atom. The van der Waals surface area contributed by atoms with Crippen molar-refractivity contribution >= 4 is 45.6 Å². The lowest BCUT2D eigenvalue weighted by Crippen LogP contribution is -2.31. The van der Waals surface area contributed by atoms with Crippen molar-refractivity contribution < 1.29 is 9.32 Å². The number of carbonyl (C=O) groups is 1. The predicted molar refractivity (Wildman–Crippen MR) is 101 cm³/mol. The van der Waals surface area contributed by atoms with Gasteiger partial charge in [-0.05, 0) is 31.5 Å². The van der Waals surface area contributed by atoms with E-state index >= 15 is 0 Å². The lowest BCUT2D eigenvalue weighted by molar-refractivity contribution is 0.0978. The zero-order chi connectivity index (χ0) is 18.0. The Morgan fingerprint density at radius 1 is 1.32 bits per heavy atom. The molecule has 0 aliphatic rings. The van der Waals surface area contributed by atoms with Gasteiger partial charge in [0.1, 0.15) is 5.76 Å². The van der Waals surface area contributed by atoms with E-state index in [4.69, 9.17) is 27.7 Å². The van der Waals surface area contributed by atoms with E-state index < -0.39 is 0 Å². The zero-order valence-corrected chi connectivity index (χ0v) is 16.0. The highest BCUT2D eigenvalue weighted by Gasteiger charge is 2.23. The maximum Gasteiger partial charge on any atom is 0.282 e. The molecule has 0 fully saturated rings. The summed E-state index contributed by atoms with van der Waals surface area (Å²) in [6, 6.07) is 6.87. The molecule has 0 bridgehead atoms. The summed E-state index contributed by atoms with van der Waals surface area (Å²) >= 11 is 13.6. The van der Waals surface area contributed by atoms with Crippen LogP contribution in [0.1, 0.15) is 29.6 Å². The van der Waals surface area contributed by atoms with E-state index in [-0.39, 0.29) is 11.6 Å². The summed E-state index contributed by atoms with van der Waals surface area (Å²) in [4.78, 5) is 18.9. The molecule has 0 aliphatic heterocycles. The maximum absolute atomic E-state index is 12.7. The van der Waals surface area contributed by atoms with Crippen LogP contribution < -0.4 is 4.90 Å². The van der Waals surface area contributed by atoms with Crippen LogP contribution in [0.5, 0.6) is 0 Å². The van der Waals surface area contributed by atoms with Crippen molar-refractivity contribution in [3.8, 4) is 11.3 Å². The van der Waals surface area contributed by atoms with Crippen molar-refractivity contribution in [2.45, 2.75) is 20.3 Å². The number of hydrogen-bond donors (Lipinski definition) is 0. The highest BCUT2D eigenvalue weighted by molar-refractivity contribution is 7.14. The molecule has 8 heteroatoms. The number of thiazole rings is 1. The first-order valence-corrected chi connectivity index (χ1v) is 9.29. The molecule has 1 amide bonds. The molecule has 2 aromatic heterocycles. The van der Waals surface area contributed by atoms with Gasteiger partial charge in [-0.15, -0.1) is 11.3 Å². The summed E-state index contributed by atoms with van der Waals surface area (Å²) in [7, 11) is 0. The Kier molecular flexibility index (Phi) is 5.42. The number of anilines is 1. The number of amides is 1. The largest absolute Gasteiger partial charge is 0.361 e. The van der Waals surface area contributed by atoms with E-state index in [0.717, 1.165) is 12.0 Å². The minimum Gasteiger partial charge on any atom is -0.361 e. The molecule has 0 saturated heterocycles. The van der Waals surface area contributed by atoms with Crippen LogP contribution in [0, 0.1) is 6.92 Å². The number of nitrogens with zero attached hydrogens (tertiary/aromatic N) is 3. The molecule has 2 heterocycles. The van der Waals surface area contributed by atoms with Gasteiger partial charge in [-0.2, -0.15) is 0 Å². The number of hydrogen-bond acceptors (Lipinski definition) is 5. The standard InChI is InChI=1S/C17H15Cl2N3O2S/c1-3-6-22(16(23)14-7-10(2)24-21-14)17-20-15(9-25-17)12-5-4-11(18)8-13(12)19/h4-5,7-9H,3,6H2,1-2H3. The van der Waals surface area contributed by atoms with Gasteiger partial charge in [0.05, 0.1) is 10.7 Å². The molecule has 0 unspecified atom stereocenters. The Labute approximate surface area is 159 Å². The summed E-state index contributed by atoms with van der Waals surface area (Å²) in [6.45, 7) is 4.28. The number of benzene rings is 1. The van der Waals surface area contributed by atoms with Gasteiger partial charge in [-0.25, -0.2) is 4.98 Å². The van der Waals surface area contributed by atoms with Crippen LogP contribution in [0.2, 0.25) is 10.0 Å². The summed E-state index contributed by atoms with van der Waals surface area (Å²) in [5, 5.41) is 7.35. The van der Waals surface area contributed by atoms with Crippen molar-refractivity contribution in [2.75, 3.05) is 11.4 Å². The molecule has 25 heavy (non-hydrogen) atoms. The van der Waals surface area contributed by atoms with Gasteiger partial charge in [-0.3, -0.25) is 9.69 Å². The average molecular weight is 396 g/mol. The molecule has 0 N–H and O–H groups in total. The average Bonchev–Trinajstić information content (AvgIpc) is 3.21. The van der Waals surface area contributed by atoms with Gasteiger partial charge in [0.2, 0.25) is 0 Å². The molecule has 130 valence electrons. The first-order chi connectivity index (χ1) is 12.0. The third kappa shape index (κ3) is 3.86. The van der Waals surface area contributed by atoms with Crippen molar-refractivity contribution in [1.29, 1.82) is 0 Å². The van der Waals surface area contributed by atoms with Gasteiger partial charge in [0, 0.05) is 28.6 Å². The molecular weight excluding hydrogens is 381 g/mol. The molecule has 3 aromatic rings. The van der Waals surface area contributed by atoms with E-state index in [1.807, 2.05) is 18.4 Å². The van der Waals surface area contributed by atoms with E-state index in [0.29, 0.717) is 33.2 Å². The summed E-state index contributed by atoms with van der Waals surface area (Å²) in [5.74, 6) is 0.356. The molecule has 0 radical (unpaired) electrons. The second kappa shape index (κ2) is 7.56. The second-order valence-corrected chi connectivity index (χ2v) is 7.10. The number of halogens is 2. The third-order valence-electron chi connectivity index (χ3n) is 3.47. The number of carbonyl (C=O) groups excluding carboxylic acids is 1. The van der Waals surface area contributed by atoms with Gasteiger partial charge in [0.15, 0.2) is 10.8 Å². The van der Waals surface area contributed by atoms with Gasteiger partial charge >= 0.3 is 0 Å². The molecule has 1 aromatic carbocycles. The van der Waals surface area contributed by atoms with E-state index in [1.165, 1.54) is 11.3 Å². The number of aromatic nitrogens is 2. The van der Waals surface area contributed by atoms with E-state index in [1.54, 1.807) is 30.0 Å². The number of aryl methyl sites for hydroxylation is 1. The van der Waals surface area contributed by atoms with Gasteiger partial charge in [0.25, 0.3) is 5.91 Å². The first-order valence-electron chi connectivity index (χ1n) is 7.65. The second-order valence-electron chi connectivity index (χ2n) is 5.42. The number of rotatable bonds is 5. The minimum absolute atomic E-state index is 0.234. The van der Waals surface area contributed by atoms with Crippen LogP contribution in [-0.2, 0) is 0 Å². The Bertz CT molecular complexity index is 907. The van der Waals surface area contributed by atoms with Crippen LogP contribution in [0.4, 0.5) is 5.13 Å². The molecule has 0 spiro atoms. The van der Waals surface area contributed by atoms with E-state index in [9.17, 15) is 4.79 Å². The molecular formula is C17H15Cl2N3O2S. The van der Waals surface area contributed by atoms with Crippen molar-refractivity contribution in [1.82, 2.24) is 10.1 Å². The summed E-state index contributed by atoms with van der Waals surface area (Å²) in [5.41, 5.74) is 1.74. The van der Waals surface area contributed by atoms with Gasteiger partial charge in [-0.1, -0.05) is 35.3 Å². The minimum atomic E-state index is -0.234. The normalized spacial score (nSPS) is 10.9. The van der Waals surface area contributed by atoms with Crippen LogP contribution >= 0.6 is 34.5 Å².